The number of para-hydroxylation sites is 2. The van der Waals surface area contributed by atoms with Gasteiger partial charge < -0.3 is 13.9 Å². The second-order valence-corrected chi connectivity index (χ2v) is 9.70. The van der Waals surface area contributed by atoms with Crippen molar-refractivity contribution < 1.29 is 13.9 Å². The van der Waals surface area contributed by atoms with Crippen molar-refractivity contribution in [3.05, 3.63) is 123 Å². The van der Waals surface area contributed by atoms with E-state index in [9.17, 15) is 4.79 Å². The van der Waals surface area contributed by atoms with E-state index < -0.39 is 0 Å². The number of halogens is 2. The van der Waals surface area contributed by atoms with E-state index in [1.165, 1.54) is 4.68 Å². The fourth-order valence-electron chi connectivity index (χ4n) is 4.35. The first-order valence-electron chi connectivity index (χ1n) is 12.3. The molecule has 2 heterocycles. The van der Waals surface area contributed by atoms with Crippen molar-refractivity contribution in [2.24, 2.45) is 5.10 Å². The van der Waals surface area contributed by atoms with E-state index in [-0.39, 0.29) is 18.0 Å². The number of methoxy groups -OCH3 is 1. The van der Waals surface area contributed by atoms with Crippen LogP contribution in [0.1, 0.15) is 11.1 Å². The van der Waals surface area contributed by atoms with Crippen molar-refractivity contribution in [2.45, 2.75) is 6.61 Å². The summed E-state index contributed by atoms with van der Waals surface area (Å²) in [6.45, 7) is 0.227. The molecule has 7 nitrogen and oxygen atoms in total. The number of hydrogen-bond acceptors (Lipinski definition) is 6. The summed E-state index contributed by atoms with van der Waals surface area (Å²) in [6.07, 6.45) is 1.56. The summed E-state index contributed by atoms with van der Waals surface area (Å²) in [5, 5.41) is 6.82. The van der Waals surface area contributed by atoms with Crippen LogP contribution in [-0.2, 0) is 6.61 Å². The van der Waals surface area contributed by atoms with Crippen molar-refractivity contribution in [1.82, 2.24) is 9.66 Å². The van der Waals surface area contributed by atoms with E-state index in [1.807, 2.05) is 54.6 Å². The van der Waals surface area contributed by atoms with Crippen LogP contribution in [0.2, 0.25) is 10.0 Å². The summed E-state index contributed by atoms with van der Waals surface area (Å²) in [4.78, 5) is 18.4. The molecule has 0 radical (unpaired) electrons. The lowest BCUT2D eigenvalue weighted by atomic mass is 10.2. The first-order chi connectivity index (χ1) is 19.5. The smallest absolute Gasteiger partial charge is 0.282 e. The zero-order valence-electron chi connectivity index (χ0n) is 21.2. The van der Waals surface area contributed by atoms with Crippen LogP contribution in [0, 0.1) is 0 Å². The highest BCUT2D eigenvalue weighted by atomic mass is 35.5. The van der Waals surface area contributed by atoms with E-state index >= 15 is 0 Å². The van der Waals surface area contributed by atoms with Crippen LogP contribution in [0.25, 0.3) is 33.5 Å². The molecule has 2 aromatic heterocycles. The van der Waals surface area contributed by atoms with Crippen LogP contribution in [-0.4, -0.2) is 23.0 Å². The van der Waals surface area contributed by atoms with E-state index in [2.05, 4.69) is 5.10 Å². The maximum atomic E-state index is 13.6. The maximum Gasteiger partial charge on any atom is 0.282 e. The lowest BCUT2D eigenvalue weighted by molar-refractivity contribution is 0.306. The van der Waals surface area contributed by atoms with Gasteiger partial charge in [0.05, 0.1) is 29.6 Å². The molecule has 0 aliphatic rings. The number of fused-ring (bicyclic) bond motifs is 2. The Morgan fingerprint density at radius 1 is 0.925 bits per heavy atom. The molecule has 0 unspecified atom stereocenters. The van der Waals surface area contributed by atoms with E-state index in [4.69, 9.17) is 42.1 Å². The maximum absolute atomic E-state index is 13.6. The minimum absolute atomic E-state index is 0.227. The van der Waals surface area contributed by atoms with Gasteiger partial charge in [0.2, 0.25) is 5.82 Å². The van der Waals surface area contributed by atoms with E-state index in [0.29, 0.717) is 49.4 Å². The Morgan fingerprint density at radius 3 is 2.58 bits per heavy atom. The van der Waals surface area contributed by atoms with Crippen molar-refractivity contribution in [2.75, 3.05) is 7.11 Å². The lowest BCUT2D eigenvalue weighted by Crippen LogP contribution is -2.20. The number of aromatic nitrogens is 2. The third-order valence-corrected chi connectivity index (χ3v) is 6.93. The third-order valence-electron chi connectivity index (χ3n) is 6.35. The minimum Gasteiger partial charge on any atom is -0.496 e. The van der Waals surface area contributed by atoms with Crippen LogP contribution in [0.3, 0.4) is 0 Å². The monoisotopic (exact) mass is 569 g/mol. The summed E-state index contributed by atoms with van der Waals surface area (Å²) in [6, 6.07) is 27.0. The second kappa shape index (κ2) is 10.9. The summed E-state index contributed by atoms with van der Waals surface area (Å²) < 4.78 is 18.9. The predicted molar refractivity (Wildman–Crippen MR) is 158 cm³/mol. The third kappa shape index (κ3) is 4.93. The Bertz CT molecular complexity index is 1960. The van der Waals surface area contributed by atoms with Crippen molar-refractivity contribution in [1.29, 1.82) is 0 Å². The average Bonchev–Trinajstić information content (AvgIpc) is 3.41. The molecule has 0 saturated heterocycles. The number of benzene rings is 4. The fourth-order valence-corrected chi connectivity index (χ4v) is 4.81. The fraction of sp³-hybridized carbons (Fsp3) is 0.0645. The van der Waals surface area contributed by atoms with Gasteiger partial charge in [0.15, 0.2) is 5.76 Å². The predicted octanol–water partition coefficient (Wildman–Crippen LogP) is 7.59. The van der Waals surface area contributed by atoms with Gasteiger partial charge in [-0.3, -0.25) is 4.79 Å². The lowest BCUT2D eigenvalue weighted by Gasteiger charge is -2.11. The minimum atomic E-state index is -0.337. The van der Waals surface area contributed by atoms with Gasteiger partial charge in [0.1, 0.15) is 23.7 Å². The van der Waals surface area contributed by atoms with E-state index in [0.717, 1.165) is 10.9 Å². The topological polar surface area (TPSA) is 78.9 Å². The standard InChI is InChI=1S/C31H21Cl2N3O4/c1-38-27-11-6-12-28-23(27)16-29(40-28)30-35-25-9-4-3-8-22(25)31(37)36(30)34-17-19-7-2-5-10-26(19)39-18-20-13-14-21(32)15-24(20)33/h2-17H,18H2,1H3. The normalized spacial score (nSPS) is 11.5. The van der Waals surface area contributed by atoms with Crippen LogP contribution >= 0.6 is 23.2 Å². The molecule has 9 heteroatoms. The molecule has 6 aromatic rings. The largest absolute Gasteiger partial charge is 0.496 e. The molecule has 0 N–H and O–H groups in total. The molecule has 0 amide bonds. The van der Waals surface area contributed by atoms with E-state index in [1.54, 1.807) is 49.7 Å². The van der Waals surface area contributed by atoms with Gasteiger partial charge in [0.25, 0.3) is 5.56 Å². The van der Waals surface area contributed by atoms with Crippen molar-refractivity contribution in [3.8, 4) is 23.1 Å². The highest BCUT2D eigenvalue weighted by Gasteiger charge is 2.18. The van der Waals surface area contributed by atoms with Crippen LogP contribution in [0.15, 0.2) is 105 Å². The molecule has 4 aromatic carbocycles. The summed E-state index contributed by atoms with van der Waals surface area (Å²) >= 11 is 12.3. The molecule has 0 saturated carbocycles. The first kappa shape index (κ1) is 25.7. The molecular formula is C31H21Cl2N3O4. The number of ether oxygens (including phenoxy) is 2. The van der Waals surface area contributed by atoms with Gasteiger partial charge in [-0.05, 0) is 54.6 Å². The van der Waals surface area contributed by atoms with Crippen LogP contribution in [0.4, 0.5) is 0 Å². The zero-order valence-corrected chi connectivity index (χ0v) is 22.7. The van der Waals surface area contributed by atoms with Gasteiger partial charge in [-0.1, -0.05) is 59.6 Å². The van der Waals surface area contributed by atoms with Crippen LogP contribution in [0.5, 0.6) is 11.5 Å². The number of hydrogen-bond donors (Lipinski definition) is 0. The number of furan rings is 1. The molecule has 198 valence electrons. The number of rotatable bonds is 7. The molecule has 6 rings (SSSR count). The Kier molecular flexibility index (Phi) is 6.99. The summed E-state index contributed by atoms with van der Waals surface area (Å²) in [5.41, 5.74) is 2.24. The average molecular weight is 570 g/mol. The molecule has 0 fully saturated rings. The highest BCUT2D eigenvalue weighted by molar-refractivity contribution is 6.35. The van der Waals surface area contributed by atoms with Gasteiger partial charge in [-0.25, -0.2) is 4.98 Å². The molecule has 0 aliphatic carbocycles. The second-order valence-electron chi connectivity index (χ2n) is 8.86. The summed E-state index contributed by atoms with van der Waals surface area (Å²) in [7, 11) is 1.59. The Balaban J connectivity index is 1.42. The number of nitrogens with zero attached hydrogens (tertiary/aromatic N) is 3. The van der Waals surface area contributed by atoms with Gasteiger partial charge in [-0.15, -0.1) is 0 Å². The van der Waals surface area contributed by atoms with Gasteiger partial charge in [-0.2, -0.15) is 9.78 Å². The molecule has 0 aliphatic heterocycles. The van der Waals surface area contributed by atoms with Crippen LogP contribution < -0.4 is 15.0 Å². The molecule has 0 bridgehead atoms. The van der Waals surface area contributed by atoms with Crippen molar-refractivity contribution >= 4 is 51.3 Å². The summed E-state index contributed by atoms with van der Waals surface area (Å²) in [5.74, 6) is 1.85. The first-order valence-corrected chi connectivity index (χ1v) is 13.1. The Morgan fingerprint density at radius 2 is 1.73 bits per heavy atom. The quantitative estimate of drug-likeness (QED) is 0.185. The molecular weight excluding hydrogens is 549 g/mol. The van der Waals surface area contributed by atoms with Gasteiger partial charge in [0, 0.05) is 21.2 Å². The highest BCUT2D eigenvalue weighted by Crippen LogP contribution is 2.33. The SMILES string of the molecule is COc1cccc2oc(-c3nc4ccccc4c(=O)n3N=Cc3ccccc3OCc3ccc(Cl)cc3Cl)cc12. The van der Waals surface area contributed by atoms with Crippen molar-refractivity contribution in [3.63, 3.8) is 0 Å². The van der Waals surface area contributed by atoms with Gasteiger partial charge >= 0.3 is 0 Å². The Hall–Kier alpha value is -4.59. The molecule has 0 atom stereocenters. The molecule has 40 heavy (non-hydrogen) atoms. The molecule has 0 spiro atoms. The Labute approximate surface area is 238 Å². The zero-order chi connectivity index (χ0) is 27.6.